The first-order valence-corrected chi connectivity index (χ1v) is 9.38. The van der Waals surface area contributed by atoms with Crippen LogP contribution in [0.15, 0.2) is 24.3 Å². The number of aromatic nitrogens is 2. The number of aromatic amines is 1. The van der Waals surface area contributed by atoms with Crippen molar-refractivity contribution in [2.75, 3.05) is 36.8 Å². The number of hydrogen-bond acceptors (Lipinski definition) is 4. The van der Waals surface area contributed by atoms with Gasteiger partial charge in [0, 0.05) is 26.2 Å². The molecule has 0 bridgehead atoms. The minimum atomic E-state index is -3.10. The maximum atomic E-state index is 12.2. The highest BCUT2D eigenvalue weighted by atomic mass is 32.2. The van der Waals surface area contributed by atoms with E-state index in [-0.39, 0.29) is 5.75 Å². The van der Waals surface area contributed by atoms with Crippen molar-refractivity contribution in [2.45, 2.75) is 19.8 Å². The van der Waals surface area contributed by atoms with Gasteiger partial charge in [-0.3, -0.25) is 0 Å². The highest BCUT2D eigenvalue weighted by Gasteiger charge is 2.27. The highest BCUT2D eigenvalue weighted by molar-refractivity contribution is 7.89. The van der Waals surface area contributed by atoms with E-state index < -0.39 is 10.0 Å². The Balaban J connectivity index is 1.66. The van der Waals surface area contributed by atoms with Crippen molar-refractivity contribution in [3.05, 3.63) is 24.3 Å². The molecule has 0 radical (unpaired) electrons. The van der Waals surface area contributed by atoms with Gasteiger partial charge in [-0.25, -0.2) is 13.4 Å². The van der Waals surface area contributed by atoms with Crippen molar-refractivity contribution < 1.29 is 8.42 Å². The fourth-order valence-electron chi connectivity index (χ4n) is 2.72. The predicted octanol–water partition coefficient (Wildman–Crippen LogP) is 1.81. The summed E-state index contributed by atoms with van der Waals surface area (Å²) in [5.74, 6) is 1.08. The van der Waals surface area contributed by atoms with Crippen molar-refractivity contribution in [2.24, 2.45) is 0 Å². The Kier molecular flexibility index (Phi) is 4.35. The number of sulfonamides is 1. The summed E-state index contributed by atoms with van der Waals surface area (Å²) in [5, 5.41) is 0. The van der Waals surface area contributed by atoms with Gasteiger partial charge in [-0.05, 0) is 18.6 Å². The Morgan fingerprint density at radius 1 is 1.18 bits per heavy atom. The van der Waals surface area contributed by atoms with Gasteiger partial charge < -0.3 is 9.88 Å². The lowest BCUT2D eigenvalue weighted by Gasteiger charge is -2.33. The molecular weight excluding hydrogens is 300 g/mol. The molecular formula is C15H22N4O2S. The first kappa shape index (κ1) is 15.3. The van der Waals surface area contributed by atoms with Gasteiger partial charge in [0.2, 0.25) is 16.0 Å². The fraction of sp³-hybridized carbons (Fsp3) is 0.533. The molecule has 1 saturated heterocycles. The Bertz CT molecular complexity index is 700. The minimum absolute atomic E-state index is 0.258. The van der Waals surface area contributed by atoms with E-state index in [4.69, 9.17) is 0 Å². The number of para-hydroxylation sites is 2. The number of benzene rings is 1. The molecule has 2 aromatic rings. The summed E-state index contributed by atoms with van der Waals surface area (Å²) >= 11 is 0. The number of nitrogens with zero attached hydrogens (tertiary/aromatic N) is 3. The van der Waals surface area contributed by atoms with E-state index in [9.17, 15) is 8.42 Å². The molecule has 0 saturated carbocycles. The summed E-state index contributed by atoms with van der Waals surface area (Å²) in [5.41, 5.74) is 1.95. The molecule has 1 aromatic heterocycles. The number of hydrogen-bond donors (Lipinski definition) is 1. The second kappa shape index (κ2) is 6.26. The van der Waals surface area contributed by atoms with E-state index in [0.717, 1.165) is 29.8 Å². The van der Waals surface area contributed by atoms with Gasteiger partial charge in [-0.1, -0.05) is 25.5 Å². The average molecular weight is 322 g/mol. The van der Waals surface area contributed by atoms with E-state index in [1.165, 1.54) is 0 Å². The molecule has 1 N–H and O–H groups in total. The summed E-state index contributed by atoms with van der Waals surface area (Å²) in [6.07, 6.45) is 1.63. The van der Waals surface area contributed by atoms with E-state index >= 15 is 0 Å². The SMILES string of the molecule is CCCCS(=O)(=O)N1CCN(c2nc3ccccc3[nH]2)CC1. The number of fused-ring (bicyclic) bond motifs is 1. The summed E-state index contributed by atoms with van der Waals surface area (Å²) in [4.78, 5) is 9.99. The monoisotopic (exact) mass is 322 g/mol. The van der Waals surface area contributed by atoms with Crippen LogP contribution in [0, 0.1) is 0 Å². The summed E-state index contributed by atoms with van der Waals surface area (Å²) in [7, 11) is -3.10. The topological polar surface area (TPSA) is 69.3 Å². The minimum Gasteiger partial charge on any atom is -0.340 e. The maximum Gasteiger partial charge on any atom is 0.214 e. The Morgan fingerprint density at radius 3 is 2.59 bits per heavy atom. The number of unbranched alkanes of at least 4 members (excludes halogenated alkanes) is 1. The van der Waals surface area contributed by atoms with Crippen molar-refractivity contribution in [1.82, 2.24) is 14.3 Å². The normalized spacial score (nSPS) is 17.2. The van der Waals surface area contributed by atoms with Crippen LogP contribution in [-0.4, -0.2) is 54.6 Å². The summed E-state index contributed by atoms with van der Waals surface area (Å²) in [6.45, 7) is 4.41. The van der Waals surface area contributed by atoms with Crippen LogP contribution in [0.3, 0.4) is 0 Å². The smallest absolute Gasteiger partial charge is 0.214 e. The van der Waals surface area contributed by atoms with Gasteiger partial charge in [0.1, 0.15) is 0 Å². The van der Waals surface area contributed by atoms with Crippen LogP contribution in [0.4, 0.5) is 5.95 Å². The van der Waals surface area contributed by atoms with E-state index in [1.807, 2.05) is 31.2 Å². The maximum absolute atomic E-state index is 12.2. The molecule has 0 amide bonds. The third-order valence-corrected chi connectivity index (χ3v) is 6.02. The van der Waals surface area contributed by atoms with E-state index in [2.05, 4.69) is 14.9 Å². The quantitative estimate of drug-likeness (QED) is 0.911. The van der Waals surface area contributed by atoms with Gasteiger partial charge in [0.05, 0.1) is 16.8 Å². The third-order valence-electron chi connectivity index (χ3n) is 4.06. The number of H-pyrrole nitrogens is 1. The van der Waals surface area contributed by atoms with Crippen LogP contribution in [0.25, 0.3) is 11.0 Å². The van der Waals surface area contributed by atoms with Crippen LogP contribution in [0.5, 0.6) is 0 Å². The van der Waals surface area contributed by atoms with Crippen LogP contribution in [0.2, 0.25) is 0 Å². The Morgan fingerprint density at radius 2 is 1.91 bits per heavy atom. The lowest BCUT2D eigenvalue weighted by Crippen LogP contribution is -2.49. The fourth-order valence-corrected chi connectivity index (χ4v) is 4.35. The molecule has 120 valence electrons. The van der Waals surface area contributed by atoms with Gasteiger partial charge in [0.15, 0.2) is 0 Å². The lowest BCUT2D eigenvalue weighted by atomic mass is 10.3. The van der Waals surface area contributed by atoms with E-state index in [0.29, 0.717) is 26.2 Å². The molecule has 6 nitrogen and oxygen atoms in total. The molecule has 3 rings (SSSR count). The first-order valence-electron chi connectivity index (χ1n) is 7.77. The zero-order valence-corrected chi connectivity index (χ0v) is 13.6. The number of rotatable bonds is 5. The van der Waals surface area contributed by atoms with Crippen molar-refractivity contribution in [3.8, 4) is 0 Å². The number of piperazine rings is 1. The largest absolute Gasteiger partial charge is 0.340 e. The van der Waals surface area contributed by atoms with Crippen LogP contribution >= 0.6 is 0 Å². The molecule has 2 heterocycles. The van der Waals surface area contributed by atoms with E-state index in [1.54, 1.807) is 4.31 Å². The van der Waals surface area contributed by atoms with Gasteiger partial charge >= 0.3 is 0 Å². The van der Waals surface area contributed by atoms with Gasteiger partial charge in [0.25, 0.3) is 0 Å². The second-order valence-electron chi connectivity index (χ2n) is 5.63. The first-order chi connectivity index (χ1) is 10.6. The van der Waals surface area contributed by atoms with Crippen LogP contribution in [-0.2, 0) is 10.0 Å². The molecule has 0 spiro atoms. The summed E-state index contributed by atoms with van der Waals surface area (Å²) < 4.78 is 26.0. The molecule has 1 aliphatic heterocycles. The molecule has 0 atom stereocenters. The number of nitrogens with one attached hydrogen (secondary N) is 1. The van der Waals surface area contributed by atoms with Crippen molar-refractivity contribution in [3.63, 3.8) is 0 Å². The zero-order valence-electron chi connectivity index (χ0n) is 12.8. The lowest BCUT2D eigenvalue weighted by molar-refractivity contribution is 0.382. The zero-order chi connectivity index (χ0) is 15.6. The highest BCUT2D eigenvalue weighted by Crippen LogP contribution is 2.19. The summed E-state index contributed by atoms with van der Waals surface area (Å²) in [6, 6.07) is 7.91. The van der Waals surface area contributed by atoms with Crippen molar-refractivity contribution in [1.29, 1.82) is 0 Å². The standard InChI is InChI=1S/C15H22N4O2S/c1-2-3-12-22(20,21)19-10-8-18(9-11-19)15-16-13-6-4-5-7-14(13)17-15/h4-7H,2-3,8-12H2,1H3,(H,16,17). The van der Waals surface area contributed by atoms with Gasteiger partial charge in [-0.15, -0.1) is 0 Å². The molecule has 22 heavy (non-hydrogen) atoms. The number of imidazole rings is 1. The molecule has 0 unspecified atom stereocenters. The molecule has 1 aliphatic rings. The van der Waals surface area contributed by atoms with Gasteiger partial charge in [-0.2, -0.15) is 4.31 Å². The molecule has 1 fully saturated rings. The predicted molar refractivity (Wildman–Crippen MR) is 88.6 cm³/mol. The van der Waals surface area contributed by atoms with Crippen LogP contribution < -0.4 is 4.90 Å². The number of anilines is 1. The molecule has 7 heteroatoms. The molecule has 0 aliphatic carbocycles. The molecule has 1 aromatic carbocycles. The third kappa shape index (κ3) is 3.10. The Labute approximate surface area is 131 Å². The second-order valence-corrected chi connectivity index (χ2v) is 7.72. The van der Waals surface area contributed by atoms with Crippen molar-refractivity contribution >= 4 is 27.0 Å². The van der Waals surface area contributed by atoms with Crippen LogP contribution in [0.1, 0.15) is 19.8 Å². The Hall–Kier alpha value is -1.60. The average Bonchev–Trinajstić information content (AvgIpc) is 2.97.